The third kappa shape index (κ3) is 2.13. The van der Waals surface area contributed by atoms with Crippen molar-refractivity contribution in [3.05, 3.63) is 24.1 Å². The van der Waals surface area contributed by atoms with Gasteiger partial charge in [-0.3, -0.25) is 0 Å². The van der Waals surface area contributed by atoms with Crippen molar-refractivity contribution in [1.82, 2.24) is 4.98 Å². The minimum atomic E-state index is 0.377. The number of nitrogens with zero attached hydrogens (tertiary/aromatic N) is 1. The Morgan fingerprint density at radius 1 is 1.35 bits per heavy atom. The number of aromatic nitrogens is 1. The lowest BCUT2D eigenvalue weighted by atomic mass is 10.3. The van der Waals surface area contributed by atoms with Gasteiger partial charge in [-0.05, 0) is 25.0 Å². The Morgan fingerprint density at radius 3 is 2.94 bits per heavy atom. The Morgan fingerprint density at radius 2 is 2.18 bits per heavy atom. The summed E-state index contributed by atoms with van der Waals surface area (Å²) in [5.41, 5.74) is 7.94. The summed E-state index contributed by atoms with van der Waals surface area (Å²) in [6.45, 7) is 0.443. The van der Waals surface area contributed by atoms with E-state index < -0.39 is 0 Å². The fourth-order valence-corrected chi connectivity index (χ4v) is 2.32. The molecule has 2 aromatic rings. The Bertz CT molecular complexity index is 515. The van der Waals surface area contributed by atoms with Gasteiger partial charge in [0.1, 0.15) is 12.1 Å². The van der Waals surface area contributed by atoms with Crippen LogP contribution >= 0.6 is 0 Å². The summed E-state index contributed by atoms with van der Waals surface area (Å²) in [5, 5.41) is 0. The number of oxazole rings is 1. The zero-order valence-corrected chi connectivity index (χ0v) is 9.69. The summed E-state index contributed by atoms with van der Waals surface area (Å²) in [6.07, 6.45) is 5.23. The van der Waals surface area contributed by atoms with Crippen LogP contribution in [0.25, 0.3) is 11.1 Å². The molecule has 0 radical (unpaired) electrons. The fraction of sp³-hybridized carbons (Fsp3) is 0.462. The summed E-state index contributed by atoms with van der Waals surface area (Å²) in [4.78, 5) is 4.36. The number of rotatable bonds is 3. The molecule has 0 bridgehead atoms. The molecule has 0 saturated heterocycles. The van der Waals surface area contributed by atoms with Crippen LogP contribution in [0.4, 0.5) is 5.69 Å². The molecule has 0 atom stereocenters. The molecule has 0 unspecified atom stereocenters. The molecular weight excluding hydrogens is 216 g/mol. The van der Waals surface area contributed by atoms with Crippen molar-refractivity contribution in [2.75, 3.05) is 5.73 Å². The molecule has 4 heteroatoms. The predicted octanol–water partition coefficient (Wildman–Crippen LogP) is 2.87. The van der Waals surface area contributed by atoms with Crippen LogP contribution in [0.3, 0.4) is 0 Å². The monoisotopic (exact) mass is 232 g/mol. The third-order valence-electron chi connectivity index (χ3n) is 3.24. The molecule has 1 aromatic heterocycles. The quantitative estimate of drug-likeness (QED) is 0.826. The van der Waals surface area contributed by atoms with Crippen LogP contribution in [0.2, 0.25) is 0 Å². The lowest BCUT2D eigenvalue weighted by Gasteiger charge is -2.07. The lowest BCUT2D eigenvalue weighted by Crippen LogP contribution is -2.07. The molecule has 0 spiro atoms. The number of nitrogens with two attached hydrogens (primary N) is 1. The molecule has 0 amide bonds. The maximum atomic E-state index is 5.82. The normalized spacial score (nSPS) is 16.9. The molecule has 1 fully saturated rings. The summed E-state index contributed by atoms with van der Waals surface area (Å²) in [7, 11) is 0. The molecule has 0 aliphatic heterocycles. The maximum Gasteiger partial charge on any atom is 0.221 e. The summed E-state index contributed by atoms with van der Waals surface area (Å²) in [6, 6.07) is 5.56. The molecule has 2 N–H and O–H groups in total. The van der Waals surface area contributed by atoms with E-state index in [-0.39, 0.29) is 0 Å². The van der Waals surface area contributed by atoms with E-state index in [9.17, 15) is 0 Å². The SMILES string of the molecule is Nc1cccc2oc(COC3CCCC3)nc12. The van der Waals surface area contributed by atoms with E-state index in [1.807, 2.05) is 18.2 Å². The Balaban J connectivity index is 1.74. The van der Waals surface area contributed by atoms with Gasteiger partial charge in [0.2, 0.25) is 5.89 Å². The highest BCUT2D eigenvalue weighted by Crippen LogP contribution is 2.24. The first-order valence-electron chi connectivity index (χ1n) is 6.08. The van der Waals surface area contributed by atoms with Gasteiger partial charge in [-0.2, -0.15) is 0 Å². The van der Waals surface area contributed by atoms with E-state index in [0.717, 1.165) is 23.9 Å². The van der Waals surface area contributed by atoms with Crippen molar-refractivity contribution in [3.63, 3.8) is 0 Å². The van der Waals surface area contributed by atoms with Gasteiger partial charge in [0.15, 0.2) is 5.58 Å². The molecule has 1 aliphatic rings. The van der Waals surface area contributed by atoms with Crippen LogP contribution in [0.15, 0.2) is 22.6 Å². The summed E-state index contributed by atoms with van der Waals surface area (Å²) in [5.74, 6) is 0.616. The number of hydrogen-bond acceptors (Lipinski definition) is 4. The van der Waals surface area contributed by atoms with Crippen molar-refractivity contribution in [3.8, 4) is 0 Å². The summed E-state index contributed by atoms with van der Waals surface area (Å²) >= 11 is 0. The van der Waals surface area contributed by atoms with Crippen molar-refractivity contribution < 1.29 is 9.15 Å². The van der Waals surface area contributed by atoms with Crippen LogP contribution in [0.5, 0.6) is 0 Å². The van der Waals surface area contributed by atoms with Crippen LogP contribution < -0.4 is 5.73 Å². The molecule has 1 saturated carbocycles. The topological polar surface area (TPSA) is 61.3 Å². The Labute approximate surface area is 99.8 Å². The Hall–Kier alpha value is -1.55. The minimum Gasteiger partial charge on any atom is -0.438 e. The van der Waals surface area contributed by atoms with E-state index in [1.54, 1.807) is 0 Å². The van der Waals surface area contributed by atoms with Gasteiger partial charge < -0.3 is 14.9 Å². The molecule has 17 heavy (non-hydrogen) atoms. The van der Waals surface area contributed by atoms with Crippen molar-refractivity contribution in [1.29, 1.82) is 0 Å². The molecule has 1 aliphatic carbocycles. The van der Waals surface area contributed by atoms with Crippen LogP contribution in [0.1, 0.15) is 31.6 Å². The predicted molar refractivity (Wildman–Crippen MR) is 65.5 cm³/mol. The number of nitrogen functional groups attached to an aromatic ring is 1. The van der Waals surface area contributed by atoms with E-state index >= 15 is 0 Å². The number of anilines is 1. The van der Waals surface area contributed by atoms with Gasteiger partial charge in [0, 0.05) is 0 Å². The first kappa shape index (κ1) is 10.6. The van der Waals surface area contributed by atoms with Crippen molar-refractivity contribution >= 4 is 16.8 Å². The highest BCUT2D eigenvalue weighted by molar-refractivity contribution is 5.85. The zero-order valence-electron chi connectivity index (χ0n) is 9.69. The molecular formula is C13H16N2O2. The van der Waals surface area contributed by atoms with E-state index in [4.69, 9.17) is 14.9 Å². The first-order valence-corrected chi connectivity index (χ1v) is 6.08. The molecule has 1 heterocycles. The van der Waals surface area contributed by atoms with Crippen LogP contribution in [-0.2, 0) is 11.3 Å². The average molecular weight is 232 g/mol. The molecule has 90 valence electrons. The van der Waals surface area contributed by atoms with Gasteiger partial charge in [0.05, 0.1) is 11.8 Å². The number of fused-ring (bicyclic) bond motifs is 1. The van der Waals surface area contributed by atoms with Gasteiger partial charge in [0.25, 0.3) is 0 Å². The average Bonchev–Trinajstić information content (AvgIpc) is 2.95. The van der Waals surface area contributed by atoms with Gasteiger partial charge >= 0.3 is 0 Å². The number of ether oxygens (including phenoxy) is 1. The highest BCUT2D eigenvalue weighted by Gasteiger charge is 2.16. The van der Waals surface area contributed by atoms with E-state index in [0.29, 0.717) is 24.3 Å². The largest absolute Gasteiger partial charge is 0.438 e. The molecule has 1 aromatic carbocycles. The van der Waals surface area contributed by atoms with Crippen molar-refractivity contribution in [2.24, 2.45) is 0 Å². The Kier molecular flexibility index (Phi) is 2.73. The molecule has 4 nitrogen and oxygen atoms in total. The number of benzene rings is 1. The minimum absolute atomic E-state index is 0.377. The zero-order chi connectivity index (χ0) is 11.7. The first-order chi connectivity index (χ1) is 8.33. The van der Waals surface area contributed by atoms with Crippen molar-refractivity contribution in [2.45, 2.75) is 38.4 Å². The van der Waals surface area contributed by atoms with Gasteiger partial charge in [-0.15, -0.1) is 0 Å². The lowest BCUT2D eigenvalue weighted by molar-refractivity contribution is 0.0340. The third-order valence-corrected chi connectivity index (χ3v) is 3.24. The second kappa shape index (κ2) is 4.37. The number of para-hydroxylation sites is 1. The second-order valence-electron chi connectivity index (χ2n) is 4.52. The van der Waals surface area contributed by atoms with Gasteiger partial charge in [-0.1, -0.05) is 18.9 Å². The standard InChI is InChI=1S/C13H16N2O2/c14-10-6-3-7-11-13(10)15-12(17-11)8-16-9-4-1-2-5-9/h3,6-7,9H,1-2,4-5,8,14H2. The maximum absolute atomic E-state index is 5.82. The summed E-state index contributed by atoms with van der Waals surface area (Å²) < 4.78 is 11.4. The second-order valence-corrected chi connectivity index (χ2v) is 4.52. The van der Waals surface area contributed by atoms with E-state index in [2.05, 4.69) is 4.98 Å². The fourth-order valence-electron chi connectivity index (χ4n) is 2.32. The molecule has 3 rings (SSSR count). The van der Waals surface area contributed by atoms with Gasteiger partial charge in [-0.25, -0.2) is 4.98 Å². The van der Waals surface area contributed by atoms with Crippen LogP contribution in [0, 0.1) is 0 Å². The number of hydrogen-bond donors (Lipinski definition) is 1. The van der Waals surface area contributed by atoms with E-state index in [1.165, 1.54) is 12.8 Å². The van der Waals surface area contributed by atoms with Crippen LogP contribution in [-0.4, -0.2) is 11.1 Å². The smallest absolute Gasteiger partial charge is 0.221 e. The highest BCUT2D eigenvalue weighted by atomic mass is 16.5.